The van der Waals surface area contributed by atoms with Gasteiger partial charge in [-0.3, -0.25) is 0 Å². The van der Waals surface area contributed by atoms with Crippen LogP contribution < -0.4 is 4.74 Å². The summed E-state index contributed by atoms with van der Waals surface area (Å²) in [6.45, 7) is 2.37. The number of aryl methyl sites for hydroxylation is 1. The highest BCUT2D eigenvalue weighted by atomic mass is 32.1. The van der Waals surface area contributed by atoms with Crippen molar-refractivity contribution >= 4 is 23.2 Å². The van der Waals surface area contributed by atoms with Crippen molar-refractivity contribution in [1.82, 2.24) is 0 Å². The average Bonchev–Trinajstić information content (AvgIpc) is 2.46. The van der Waals surface area contributed by atoms with E-state index in [0.29, 0.717) is 22.6 Å². The summed E-state index contributed by atoms with van der Waals surface area (Å²) >= 11 is 5.08. The van der Waals surface area contributed by atoms with Gasteiger partial charge in [-0.2, -0.15) is 0 Å². The van der Waals surface area contributed by atoms with Crippen LogP contribution in [0.1, 0.15) is 11.1 Å². The zero-order valence-electron chi connectivity index (χ0n) is 11.4. The number of fused-ring (bicyclic) bond motifs is 1. The van der Waals surface area contributed by atoms with Crippen molar-refractivity contribution in [2.45, 2.75) is 13.5 Å². The molecule has 0 saturated carbocycles. The molecule has 0 aliphatic heterocycles. The molecule has 0 saturated heterocycles. The number of hydrogen-bond donors (Lipinski definition) is 0. The van der Waals surface area contributed by atoms with Gasteiger partial charge in [0, 0.05) is 11.5 Å². The SMILES string of the molecule is Cc1cc(=S)oc2cc(OCc3ccc(F)cc3)ccc12. The summed E-state index contributed by atoms with van der Waals surface area (Å²) in [6, 6.07) is 13.7. The van der Waals surface area contributed by atoms with Crippen LogP contribution >= 0.6 is 12.2 Å². The summed E-state index contributed by atoms with van der Waals surface area (Å²) in [7, 11) is 0. The number of halogens is 1. The fraction of sp³-hybridized carbons (Fsp3) is 0.118. The molecule has 0 N–H and O–H groups in total. The lowest BCUT2D eigenvalue weighted by molar-refractivity contribution is 0.306. The summed E-state index contributed by atoms with van der Waals surface area (Å²) in [5, 5.41) is 1.01. The minimum atomic E-state index is -0.253. The average molecular weight is 300 g/mol. The quantitative estimate of drug-likeness (QED) is 0.622. The minimum Gasteiger partial charge on any atom is -0.489 e. The molecule has 4 heteroatoms. The van der Waals surface area contributed by atoms with Gasteiger partial charge in [-0.25, -0.2) is 4.39 Å². The van der Waals surface area contributed by atoms with Gasteiger partial charge >= 0.3 is 0 Å². The Labute approximate surface area is 126 Å². The first-order chi connectivity index (χ1) is 10.1. The van der Waals surface area contributed by atoms with Gasteiger partial charge in [0.15, 0.2) is 4.71 Å². The van der Waals surface area contributed by atoms with Crippen molar-refractivity contribution in [3.63, 3.8) is 0 Å². The number of benzene rings is 2. The molecule has 0 radical (unpaired) electrons. The van der Waals surface area contributed by atoms with Crippen molar-refractivity contribution in [3.05, 3.63) is 70.2 Å². The third kappa shape index (κ3) is 3.11. The molecule has 0 bridgehead atoms. The highest BCUT2D eigenvalue weighted by Gasteiger charge is 2.03. The third-order valence-corrected chi connectivity index (χ3v) is 3.44. The summed E-state index contributed by atoms with van der Waals surface area (Å²) in [6.07, 6.45) is 0. The lowest BCUT2D eigenvalue weighted by Gasteiger charge is -2.08. The van der Waals surface area contributed by atoms with Crippen LogP contribution in [0.2, 0.25) is 0 Å². The first-order valence-electron chi connectivity index (χ1n) is 6.53. The zero-order chi connectivity index (χ0) is 14.8. The second-order valence-corrected chi connectivity index (χ2v) is 5.22. The Hall–Kier alpha value is -2.20. The van der Waals surface area contributed by atoms with E-state index < -0.39 is 0 Å². The molecule has 2 nitrogen and oxygen atoms in total. The van der Waals surface area contributed by atoms with Crippen LogP contribution in [-0.2, 0) is 6.61 Å². The highest BCUT2D eigenvalue weighted by Crippen LogP contribution is 2.24. The molecule has 2 aromatic carbocycles. The lowest BCUT2D eigenvalue weighted by atomic mass is 10.1. The molecule has 0 fully saturated rings. The lowest BCUT2D eigenvalue weighted by Crippen LogP contribution is -1.95. The fourth-order valence-corrected chi connectivity index (χ4v) is 2.41. The first kappa shape index (κ1) is 13.8. The standard InChI is InChI=1S/C17H13FO2S/c1-11-8-17(21)20-16-9-14(6-7-15(11)16)19-10-12-2-4-13(18)5-3-12/h2-9H,10H2,1H3. The maximum absolute atomic E-state index is 12.8. The second kappa shape index (κ2) is 5.66. The highest BCUT2D eigenvalue weighted by molar-refractivity contribution is 7.71. The maximum atomic E-state index is 12.8. The minimum absolute atomic E-state index is 0.253. The van der Waals surface area contributed by atoms with Crippen molar-refractivity contribution in [1.29, 1.82) is 0 Å². The van der Waals surface area contributed by atoms with Gasteiger partial charge in [0.05, 0.1) is 0 Å². The van der Waals surface area contributed by atoms with Crippen LogP contribution in [0.3, 0.4) is 0 Å². The van der Waals surface area contributed by atoms with Gasteiger partial charge in [0.2, 0.25) is 0 Å². The first-order valence-corrected chi connectivity index (χ1v) is 6.94. The molecule has 0 aliphatic carbocycles. The summed E-state index contributed by atoms with van der Waals surface area (Å²) < 4.78 is 24.5. The monoisotopic (exact) mass is 300 g/mol. The second-order valence-electron chi connectivity index (χ2n) is 4.82. The third-order valence-electron chi connectivity index (χ3n) is 3.24. The molecule has 0 spiro atoms. The van der Waals surface area contributed by atoms with Crippen molar-refractivity contribution in [2.75, 3.05) is 0 Å². The van der Waals surface area contributed by atoms with Gasteiger partial charge in [0.25, 0.3) is 0 Å². The van der Waals surface area contributed by atoms with E-state index in [4.69, 9.17) is 21.4 Å². The molecule has 0 aliphatic rings. The van der Waals surface area contributed by atoms with E-state index in [1.807, 2.05) is 31.2 Å². The van der Waals surface area contributed by atoms with E-state index in [0.717, 1.165) is 16.5 Å². The number of rotatable bonds is 3. The molecular weight excluding hydrogens is 287 g/mol. The Morgan fingerprint density at radius 1 is 1.10 bits per heavy atom. The largest absolute Gasteiger partial charge is 0.489 e. The Kier molecular flexibility index (Phi) is 3.71. The van der Waals surface area contributed by atoms with Crippen LogP contribution in [0.15, 0.2) is 52.9 Å². The van der Waals surface area contributed by atoms with E-state index >= 15 is 0 Å². The Bertz CT molecular complexity index is 838. The van der Waals surface area contributed by atoms with Crippen LogP contribution in [0.25, 0.3) is 11.0 Å². The molecule has 3 rings (SSSR count). The molecule has 1 aromatic heterocycles. The molecule has 0 amide bonds. The van der Waals surface area contributed by atoms with E-state index in [2.05, 4.69) is 0 Å². The molecule has 106 valence electrons. The van der Waals surface area contributed by atoms with E-state index in [1.54, 1.807) is 12.1 Å². The van der Waals surface area contributed by atoms with Gasteiger partial charge < -0.3 is 9.15 Å². The van der Waals surface area contributed by atoms with E-state index in [1.165, 1.54) is 12.1 Å². The van der Waals surface area contributed by atoms with Crippen LogP contribution in [0, 0.1) is 17.4 Å². The topological polar surface area (TPSA) is 22.4 Å². The number of ether oxygens (including phenoxy) is 1. The molecule has 21 heavy (non-hydrogen) atoms. The Balaban J connectivity index is 1.84. The van der Waals surface area contributed by atoms with Crippen molar-refractivity contribution in [2.24, 2.45) is 0 Å². The Morgan fingerprint density at radius 2 is 1.86 bits per heavy atom. The summed E-state index contributed by atoms with van der Waals surface area (Å²) in [4.78, 5) is 0. The fourth-order valence-electron chi connectivity index (χ4n) is 2.14. The molecule has 0 unspecified atom stereocenters. The molecule has 1 heterocycles. The predicted octanol–water partition coefficient (Wildman–Crippen LogP) is 5.19. The Morgan fingerprint density at radius 3 is 2.62 bits per heavy atom. The van der Waals surface area contributed by atoms with Crippen LogP contribution in [0.4, 0.5) is 4.39 Å². The molecule has 0 atom stereocenters. The van der Waals surface area contributed by atoms with E-state index in [-0.39, 0.29) is 5.82 Å². The van der Waals surface area contributed by atoms with Gasteiger partial charge in [-0.05, 0) is 60.6 Å². The van der Waals surface area contributed by atoms with Crippen molar-refractivity contribution in [3.8, 4) is 5.75 Å². The zero-order valence-corrected chi connectivity index (χ0v) is 12.2. The molecule has 3 aromatic rings. The van der Waals surface area contributed by atoms with Gasteiger partial charge in [-0.1, -0.05) is 12.1 Å². The number of hydrogen-bond acceptors (Lipinski definition) is 3. The molecular formula is C17H13FO2S. The van der Waals surface area contributed by atoms with Gasteiger partial charge in [0.1, 0.15) is 23.8 Å². The predicted molar refractivity (Wildman–Crippen MR) is 82.5 cm³/mol. The van der Waals surface area contributed by atoms with Crippen molar-refractivity contribution < 1.29 is 13.5 Å². The van der Waals surface area contributed by atoms with E-state index in [9.17, 15) is 4.39 Å². The summed E-state index contributed by atoms with van der Waals surface area (Å²) in [5.41, 5.74) is 2.68. The van der Waals surface area contributed by atoms with Gasteiger partial charge in [-0.15, -0.1) is 0 Å². The maximum Gasteiger partial charge on any atom is 0.191 e. The van der Waals surface area contributed by atoms with Crippen LogP contribution in [0.5, 0.6) is 5.75 Å². The summed E-state index contributed by atoms with van der Waals surface area (Å²) in [5.74, 6) is 0.437. The normalized spacial score (nSPS) is 10.8. The van der Waals surface area contributed by atoms with Crippen LogP contribution in [-0.4, -0.2) is 0 Å². The smallest absolute Gasteiger partial charge is 0.191 e.